The van der Waals surface area contributed by atoms with Crippen LogP contribution in [-0.4, -0.2) is 46.9 Å². The third-order valence-corrected chi connectivity index (χ3v) is 5.92. The summed E-state index contributed by atoms with van der Waals surface area (Å²) in [4.78, 5) is 16.9. The third kappa shape index (κ3) is 7.82. The lowest BCUT2D eigenvalue weighted by atomic mass is 9.96. The van der Waals surface area contributed by atoms with Crippen molar-refractivity contribution in [1.82, 2.24) is 9.80 Å². The summed E-state index contributed by atoms with van der Waals surface area (Å²) < 4.78 is 0. The summed E-state index contributed by atoms with van der Waals surface area (Å²) in [5, 5.41) is 0. The molecule has 1 heterocycles. The Labute approximate surface area is 163 Å². The van der Waals surface area contributed by atoms with Gasteiger partial charge in [-0.3, -0.25) is 9.69 Å². The maximum absolute atomic E-state index is 12.2. The van der Waals surface area contributed by atoms with E-state index in [1.54, 1.807) is 0 Å². The molecule has 1 saturated heterocycles. The average Bonchev–Trinajstić information content (AvgIpc) is 2.62. The first kappa shape index (κ1) is 23.2. The van der Waals surface area contributed by atoms with Gasteiger partial charge in [-0.25, -0.2) is 0 Å². The molecule has 152 valence electrons. The number of hydrogen-bond donors (Lipinski definition) is 0. The first-order valence-corrected chi connectivity index (χ1v) is 11.2. The van der Waals surface area contributed by atoms with Gasteiger partial charge in [-0.15, -0.1) is 0 Å². The van der Waals surface area contributed by atoms with Crippen molar-refractivity contribution in [1.29, 1.82) is 0 Å². The summed E-state index contributed by atoms with van der Waals surface area (Å²) in [7, 11) is 0. The van der Waals surface area contributed by atoms with E-state index in [1.807, 2.05) is 4.90 Å². The highest BCUT2D eigenvalue weighted by Gasteiger charge is 2.34. The van der Waals surface area contributed by atoms with Crippen molar-refractivity contribution >= 4 is 5.91 Å². The molecule has 0 aromatic heterocycles. The minimum Gasteiger partial charge on any atom is -0.331 e. The van der Waals surface area contributed by atoms with E-state index in [1.165, 1.54) is 76.7 Å². The molecular formula is C23H44N2O. The van der Waals surface area contributed by atoms with E-state index in [-0.39, 0.29) is 18.0 Å². The molecule has 1 unspecified atom stereocenters. The van der Waals surface area contributed by atoms with E-state index in [2.05, 4.69) is 39.2 Å². The fraction of sp³-hybridized carbons (Fsp3) is 0.870. The standard InChI is InChI=1S/C23H44N2O/c1-6-9-11-13-15-17-22(16-14-12-10-7-2)24-18-20(4)25(21(5)19-24)23(26)8-3/h8,20-22H,3,6-7,9-19H2,1-2,4-5H3/t20-,21+,22?. The van der Waals surface area contributed by atoms with Crippen LogP contribution in [-0.2, 0) is 4.79 Å². The van der Waals surface area contributed by atoms with Crippen LogP contribution >= 0.6 is 0 Å². The smallest absolute Gasteiger partial charge is 0.246 e. The number of carbonyl (C=O) groups excluding carboxylic acids is 1. The maximum atomic E-state index is 12.2. The summed E-state index contributed by atoms with van der Waals surface area (Å²) in [5.41, 5.74) is 0. The Morgan fingerprint density at radius 3 is 1.85 bits per heavy atom. The van der Waals surface area contributed by atoms with E-state index in [9.17, 15) is 4.79 Å². The number of carbonyl (C=O) groups is 1. The predicted molar refractivity (Wildman–Crippen MR) is 113 cm³/mol. The van der Waals surface area contributed by atoms with Crippen LogP contribution < -0.4 is 0 Å². The van der Waals surface area contributed by atoms with E-state index >= 15 is 0 Å². The van der Waals surface area contributed by atoms with Gasteiger partial charge >= 0.3 is 0 Å². The summed E-state index contributed by atoms with van der Waals surface area (Å²) in [6.07, 6.45) is 16.3. The van der Waals surface area contributed by atoms with Crippen molar-refractivity contribution in [3.05, 3.63) is 12.7 Å². The molecule has 0 saturated carbocycles. The number of nitrogens with zero attached hydrogens (tertiary/aromatic N) is 2. The molecule has 1 aliphatic heterocycles. The van der Waals surface area contributed by atoms with Crippen LogP contribution in [0.5, 0.6) is 0 Å². The van der Waals surface area contributed by atoms with Crippen molar-refractivity contribution in [3.63, 3.8) is 0 Å². The Morgan fingerprint density at radius 1 is 0.923 bits per heavy atom. The van der Waals surface area contributed by atoms with Crippen LogP contribution in [0.3, 0.4) is 0 Å². The van der Waals surface area contributed by atoms with Crippen molar-refractivity contribution in [3.8, 4) is 0 Å². The van der Waals surface area contributed by atoms with E-state index in [0.717, 1.165) is 13.1 Å². The van der Waals surface area contributed by atoms with Gasteiger partial charge < -0.3 is 4.90 Å². The normalized spacial score (nSPS) is 22.4. The Hall–Kier alpha value is -0.830. The zero-order valence-electron chi connectivity index (χ0n) is 18.0. The number of hydrogen-bond acceptors (Lipinski definition) is 2. The Balaban J connectivity index is 2.60. The van der Waals surface area contributed by atoms with Gasteiger partial charge in [0.15, 0.2) is 0 Å². The third-order valence-electron chi connectivity index (χ3n) is 5.92. The van der Waals surface area contributed by atoms with E-state index in [0.29, 0.717) is 6.04 Å². The molecule has 3 nitrogen and oxygen atoms in total. The lowest BCUT2D eigenvalue weighted by molar-refractivity contribution is -0.134. The van der Waals surface area contributed by atoms with Crippen LogP contribution in [0.2, 0.25) is 0 Å². The average molecular weight is 365 g/mol. The summed E-state index contributed by atoms with van der Waals surface area (Å²) in [6.45, 7) is 14.7. The second-order valence-electron chi connectivity index (χ2n) is 8.31. The van der Waals surface area contributed by atoms with Gasteiger partial charge in [0, 0.05) is 31.2 Å². The van der Waals surface area contributed by atoms with Crippen LogP contribution in [0.1, 0.15) is 98.3 Å². The molecule has 0 N–H and O–H groups in total. The zero-order valence-corrected chi connectivity index (χ0v) is 18.0. The van der Waals surface area contributed by atoms with Crippen LogP contribution in [0.25, 0.3) is 0 Å². The van der Waals surface area contributed by atoms with E-state index < -0.39 is 0 Å². The molecule has 0 spiro atoms. The zero-order chi connectivity index (χ0) is 19.4. The molecule has 1 rings (SSSR count). The SMILES string of the molecule is C=CC(=O)N1[C@H](C)CN(C(CCCCCC)CCCCCCC)C[C@@H]1C. The fourth-order valence-corrected chi connectivity index (χ4v) is 4.50. The highest BCUT2D eigenvalue weighted by molar-refractivity contribution is 5.87. The highest BCUT2D eigenvalue weighted by atomic mass is 16.2. The molecule has 1 amide bonds. The summed E-state index contributed by atoms with van der Waals surface area (Å²) in [5.74, 6) is 0.0868. The predicted octanol–water partition coefficient (Wildman–Crippen LogP) is 5.79. The Morgan fingerprint density at radius 2 is 1.38 bits per heavy atom. The first-order chi connectivity index (χ1) is 12.5. The van der Waals surface area contributed by atoms with E-state index in [4.69, 9.17) is 0 Å². The van der Waals surface area contributed by atoms with Gasteiger partial charge in [0.1, 0.15) is 0 Å². The first-order valence-electron chi connectivity index (χ1n) is 11.2. The fourth-order valence-electron chi connectivity index (χ4n) is 4.50. The minimum absolute atomic E-state index is 0.0868. The van der Waals surface area contributed by atoms with Crippen molar-refractivity contribution < 1.29 is 4.79 Å². The molecule has 3 heteroatoms. The molecule has 0 radical (unpaired) electrons. The van der Waals surface area contributed by atoms with Crippen LogP contribution in [0.15, 0.2) is 12.7 Å². The quantitative estimate of drug-likeness (QED) is 0.305. The topological polar surface area (TPSA) is 23.6 Å². The van der Waals surface area contributed by atoms with Crippen LogP contribution in [0.4, 0.5) is 0 Å². The van der Waals surface area contributed by atoms with Gasteiger partial charge in [0.25, 0.3) is 0 Å². The number of amides is 1. The van der Waals surface area contributed by atoms with Gasteiger partial charge in [-0.1, -0.05) is 78.2 Å². The Kier molecular flexibility index (Phi) is 11.9. The lowest BCUT2D eigenvalue weighted by Gasteiger charge is -2.47. The van der Waals surface area contributed by atoms with Crippen LogP contribution in [0, 0.1) is 0 Å². The molecule has 0 aromatic carbocycles. The van der Waals surface area contributed by atoms with Gasteiger partial charge in [0.05, 0.1) is 0 Å². The minimum atomic E-state index is 0.0868. The number of unbranched alkanes of at least 4 members (excludes halogenated alkanes) is 7. The maximum Gasteiger partial charge on any atom is 0.246 e. The molecular weight excluding hydrogens is 320 g/mol. The molecule has 3 atom stereocenters. The second-order valence-corrected chi connectivity index (χ2v) is 8.31. The van der Waals surface area contributed by atoms with Crippen molar-refractivity contribution in [2.75, 3.05) is 13.1 Å². The van der Waals surface area contributed by atoms with Gasteiger partial charge in [-0.2, -0.15) is 0 Å². The van der Waals surface area contributed by atoms with Crippen molar-refractivity contribution in [2.24, 2.45) is 0 Å². The monoisotopic (exact) mass is 364 g/mol. The van der Waals surface area contributed by atoms with Crippen molar-refractivity contribution in [2.45, 2.75) is 116 Å². The molecule has 1 fully saturated rings. The molecule has 0 aromatic rings. The Bertz CT molecular complexity index is 384. The largest absolute Gasteiger partial charge is 0.331 e. The lowest BCUT2D eigenvalue weighted by Crippen LogP contribution is -2.60. The van der Waals surface area contributed by atoms with Gasteiger partial charge in [-0.05, 0) is 32.8 Å². The molecule has 0 aliphatic carbocycles. The second kappa shape index (κ2) is 13.4. The summed E-state index contributed by atoms with van der Waals surface area (Å²) in [6, 6.07) is 1.25. The molecule has 1 aliphatic rings. The molecule has 26 heavy (non-hydrogen) atoms. The number of rotatable bonds is 13. The summed E-state index contributed by atoms with van der Waals surface area (Å²) >= 11 is 0. The van der Waals surface area contributed by atoms with Gasteiger partial charge in [0.2, 0.25) is 5.91 Å². The molecule has 0 bridgehead atoms. The highest BCUT2D eigenvalue weighted by Crippen LogP contribution is 2.24. The number of piperazine rings is 1.